The van der Waals surface area contributed by atoms with Gasteiger partial charge in [0.05, 0.1) is 0 Å². The molecule has 0 saturated heterocycles. The van der Waals surface area contributed by atoms with E-state index in [1.54, 1.807) is 13.1 Å². The first-order valence-corrected chi connectivity index (χ1v) is 8.68. The lowest BCUT2D eigenvalue weighted by Crippen LogP contribution is -2.36. The molecule has 0 bridgehead atoms. The maximum absolute atomic E-state index is 13.2. The molecule has 0 fully saturated rings. The van der Waals surface area contributed by atoms with E-state index in [-0.39, 0.29) is 35.7 Å². The Labute approximate surface area is 176 Å². The quantitative estimate of drug-likeness (QED) is 0.316. The van der Waals surface area contributed by atoms with Crippen molar-refractivity contribution in [3.63, 3.8) is 0 Å². The van der Waals surface area contributed by atoms with Crippen molar-refractivity contribution in [3.05, 3.63) is 65.5 Å². The van der Waals surface area contributed by atoms with Crippen LogP contribution in [0, 0.1) is 5.82 Å². The average molecular weight is 484 g/mol. The number of guanidine groups is 1. The van der Waals surface area contributed by atoms with Crippen LogP contribution in [0.4, 0.5) is 10.1 Å². The largest absolute Gasteiger partial charge is 0.352 e. The van der Waals surface area contributed by atoms with Gasteiger partial charge in [0.2, 0.25) is 5.91 Å². The van der Waals surface area contributed by atoms with Crippen LogP contribution in [-0.4, -0.2) is 18.9 Å². The summed E-state index contributed by atoms with van der Waals surface area (Å²) in [4.78, 5) is 15.9. The summed E-state index contributed by atoms with van der Waals surface area (Å²) in [5, 5.41) is 9.25. The topological polar surface area (TPSA) is 65.5 Å². The van der Waals surface area contributed by atoms with Gasteiger partial charge in [-0.05, 0) is 41.8 Å². The lowest BCUT2D eigenvalue weighted by Gasteiger charge is -2.13. The molecule has 0 unspecified atom stereocenters. The van der Waals surface area contributed by atoms with Gasteiger partial charge < -0.3 is 16.0 Å². The van der Waals surface area contributed by atoms with Gasteiger partial charge in [-0.15, -0.1) is 24.0 Å². The molecule has 2 aromatic rings. The van der Waals surface area contributed by atoms with E-state index in [2.05, 4.69) is 20.9 Å². The highest BCUT2D eigenvalue weighted by molar-refractivity contribution is 14.0. The summed E-state index contributed by atoms with van der Waals surface area (Å²) in [6.07, 6.45) is 1.33. The van der Waals surface area contributed by atoms with Crippen molar-refractivity contribution in [2.24, 2.45) is 4.99 Å². The lowest BCUT2D eigenvalue weighted by atomic mass is 10.2. The van der Waals surface area contributed by atoms with Gasteiger partial charge in [0, 0.05) is 32.2 Å². The van der Waals surface area contributed by atoms with Gasteiger partial charge in [0.25, 0.3) is 0 Å². The molecular weight excluding hydrogens is 458 g/mol. The molecule has 0 atom stereocenters. The van der Waals surface area contributed by atoms with Crippen LogP contribution in [0.1, 0.15) is 30.9 Å². The van der Waals surface area contributed by atoms with E-state index in [9.17, 15) is 9.18 Å². The Hall–Kier alpha value is -2.16. The van der Waals surface area contributed by atoms with E-state index in [1.807, 2.05) is 37.3 Å². The summed E-state index contributed by atoms with van der Waals surface area (Å²) >= 11 is 0. The van der Waals surface area contributed by atoms with E-state index < -0.39 is 0 Å². The molecule has 0 aromatic heterocycles. The van der Waals surface area contributed by atoms with E-state index in [0.717, 1.165) is 23.2 Å². The van der Waals surface area contributed by atoms with Gasteiger partial charge >= 0.3 is 0 Å². The molecule has 7 heteroatoms. The lowest BCUT2D eigenvalue weighted by molar-refractivity contribution is -0.116. The number of benzene rings is 2. The third kappa shape index (κ3) is 8.38. The monoisotopic (exact) mass is 484 g/mol. The Bertz CT molecular complexity index is 767. The number of hydrogen-bond acceptors (Lipinski definition) is 2. The summed E-state index contributed by atoms with van der Waals surface area (Å²) < 4.78 is 13.2. The zero-order chi connectivity index (χ0) is 18.8. The summed E-state index contributed by atoms with van der Waals surface area (Å²) in [5.41, 5.74) is 2.65. The second-order valence-corrected chi connectivity index (χ2v) is 5.91. The molecule has 2 aromatic carbocycles. The van der Waals surface area contributed by atoms with Crippen molar-refractivity contribution in [3.8, 4) is 0 Å². The minimum Gasteiger partial charge on any atom is -0.352 e. The third-order valence-corrected chi connectivity index (χ3v) is 3.72. The Kier molecular flexibility index (Phi) is 10.4. The molecule has 5 nitrogen and oxygen atoms in total. The molecule has 2 rings (SSSR count). The minimum absolute atomic E-state index is 0. The van der Waals surface area contributed by atoms with Crippen LogP contribution in [0.25, 0.3) is 0 Å². The first kappa shape index (κ1) is 22.9. The fraction of sp³-hybridized carbons (Fsp3) is 0.300. The molecule has 0 saturated carbocycles. The van der Waals surface area contributed by atoms with Gasteiger partial charge in [-0.2, -0.15) is 0 Å². The number of amides is 1. The third-order valence-electron chi connectivity index (χ3n) is 3.72. The molecule has 27 heavy (non-hydrogen) atoms. The number of carbonyl (C=O) groups excluding carboxylic acids is 1. The van der Waals surface area contributed by atoms with Gasteiger partial charge in [0.1, 0.15) is 5.82 Å². The summed E-state index contributed by atoms with van der Waals surface area (Å²) in [5.74, 6) is 0.383. The molecule has 0 aliphatic rings. The zero-order valence-electron chi connectivity index (χ0n) is 15.6. The van der Waals surface area contributed by atoms with Gasteiger partial charge in [0.15, 0.2) is 5.96 Å². The Morgan fingerprint density at radius 3 is 2.26 bits per heavy atom. The highest BCUT2D eigenvalue weighted by Gasteiger charge is 2.03. The maximum Gasteiger partial charge on any atom is 0.224 e. The molecule has 0 heterocycles. The van der Waals surface area contributed by atoms with E-state index in [1.165, 1.54) is 12.1 Å². The number of hydrogen-bond donors (Lipinski definition) is 3. The predicted octanol–water partition coefficient (Wildman–Crippen LogP) is 4.05. The molecule has 0 spiro atoms. The Morgan fingerprint density at radius 1 is 1.04 bits per heavy atom. The highest BCUT2D eigenvalue weighted by atomic mass is 127. The fourth-order valence-corrected chi connectivity index (χ4v) is 2.45. The summed E-state index contributed by atoms with van der Waals surface area (Å²) in [6.45, 7) is 3.01. The molecular formula is C20H26FIN4O. The minimum atomic E-state index is -0.255. The first-order valence-electron chi connectivity index (χ1n) is 8.68. The standard InChI is InChI=1S/C20H25FN4O.HI/c1-3-6-19(26)25-18-10-5-8-16(12-18)14-24-20(22-2)23-13-15-7-4-9-17(21)11-15;/h4-5,7-12H,3,6,13-14H2,1-2H3,(H,25,26)(H2,22,23,24);1H. The molecule has 146 valence electrons. The van der Waals surface area contributed by atoms with Gasteiger partial charge in [-0.3, -0.25) is 9.79 Å². The number of rotatable bonds is 7. The number of carbonyl (C=O) groups is 1. The number of anilines is 1. The predicted molar refractivity (Wildman–Crippen MR) is 119 cm³/mol. The average Bonchev–Trinajstić information content (AvgIpc) is 2.62. The fourth-order valence-electron chi connectivity index (χ4n) is 2.45. The van der Waals surface area contributed by atoms with Crippen LogP contribution in [0.3, 0.4) is 0 Å². The maximum atomic E-state index is 13.2. The number of nitrogens with zero attached hydrogens (tertiary/aromatic N) is 1. The van der Waals surface area contributed by atoms with Crippen LogP contribution in [0.5, 0.6) is 0 Å². The molecule has 1 amide bonds. The normalized spacial score (nSPS) is 10.7. The van der Waals surface area contributed by atoms with Gasteiger partial charge in [-0.25, -0.2) is 4.39 Å². The second-order valence-electron chi connectivity index (χ2n) is 5.91. The molecule has 3 N–H and O–H groups in total. The number of nitrogens with one attached hydrogen (secondary N) is 3. The molecule has 0 aliphatic heterocycles. The first-order chi connectivity index (χ1) is 12.6. The van der Waals surface area contributed by atoms with Crippen LogP contribution in [0.15, 0.2) is 53.5 Å². The number of halogens is 2. The van der Waals surface area contributed by atoms with E-state index in [0.29, 0.717) is 25.5 Å². The summed E-state index contributed by atoms with van der Waals surface area (Å²) in [7, 11) is 1.68. The van der Waals surface area contributed by atoms with E-state index >= 15 is 0 Å². The van der Waals surface area contributed by atoms with Crippen molar-refractivity contribution in [2.75, 3.05) is 12.4 Å². The van der Waals surface area contributed by atoms with Crippen molar-refractivity contribution in [1.29, 1.82) is 0 Å². The van der Waals surface area contributed by atoms with Crippen LogP contribution >= 0.6 is 24.0 Å². The van der Waals surface area contributed by atoms with Crippen molar-refractivity contribution < 1.29 is 9.18 Å². The molecule has 0 radical (unpaired) electrons. The summed E-state index contributed by atoms with van der Waals surface area (Å²) in [6, 6.07) is 14.1. The van der Waals surface area contributed by atoms with Crippen molar-refractivity contribution in [2.45, 2.75) is 32.9 Å². The highest BCUT2D eigenvalue weighted by Crippen LogP contribution is 2.11. The van der Waals surface area contributed by atoms with Crippen LogP contribution < -0.4 is 16.0 Å². The van der Waals surface area contributed by atoms with E-state index in [4.69, 9.17) is 0 Å². The van der Waals surface area contributed by atoms with Gasteiger partial charge in [-0.1, -0.05) is 31.2 Å². The number of aliphatic imine (C=N–C) groups is 1. The van der Waals surface area contributed by atoms with Crippen LogP contribution in [-0.2, 0) is 17.9 Å². The Morgan fingerprint density at radius 2 is 1.67 bits per heavy atom. The van der Waals surface area contributed by atoms with Crippen LogP contribution in [0.2, 0.25) is 0 Å². The smallest absolute Gasteiger partial charge is 0.224 e. The van der Waals surface area contributed by atoms with Crippen molar-refractivity contribution in [1.82, 2.24) is 10.6 Å². The Balaban J connectivity index is 0.00000364. The zero-order valence-corrected chi connectivity index (χ0v) is 17.9. The van der Waals surface area contributed by atoms with Crippen molar-refractivity contribution >= 4 is 41.5 Å². The second kappa shape index (κ2) is 12.3. The SMILES string of the molecule is CCCC(=O)Nc1cccc(CNC(=NC)NCc2cccc(F)c2)c1.I. The molecule has 0 aliphatic carbocycles.